The molecule has 1 fully saturated rings. The molecule has 1 aliphatic rings. The third kappa shape index (κ3) is 8.09. The topological polar surface area (TPSA) is 44.4 Å². The van der Waals surface area contributed by atoms with Gasteiger partial charge in [0.25, 0.3) is 0 Å². The van der Waals surface area contributed by atoms with Gasteiger partial charge in [-0.2, -0.15) is 0 Å². The minimum atomic E-state index is -0.0124. The summed E-state index contributed by atoms with van der Waals surface area (Å²) in [5.41, 5.74) is 0. The highest BCUT2D eigenvalue weighted by Gasteiger charge is 2.15. The van der Waals surface area contributed by atoms with Crippen LogP contribution in [-0.4, -0.2) is 43.7 Å². The number of hydrogen-bond donors (Lipinski definition) is 2. The summed E-state index contributed by atoms with van der Waals surface area (Å²) in [6, 6.07) is -0.0124. The highest BCUT2D eigenvalue weighted by Crippen LogP contribution is 2.14. The van der Waals surface area contributed by atoms with Crippen LogP contribution in [0.2, 0.25) is 0 Å². The third-order valence-electron chi connectivity index (χ3n) is 3.77. The summed E-state index contributed by atoms with van der Waals surface area (Å²) in [4.78, 5) is 14.0. The van der Waals surface area contributed by atoms with Crippen LogP contribution in [0.5, 0.6) is 0 Å². The quantitative estimate of drug-likeness (QED) is 0.665. The molecule has 0 aromatic heterocycles. The summed E-state index contributed by atoms with van der Waals surface area (Å²) in [7, 11) is 0. The molecule has 0 saturated carbocycles. The van der Waals surface area contributed by atoms with Gasteiger partial charge in [-0.1, -0.05) is 33.1 Å². The molecule has 0 aromatic rings. The van der Waals surface area contributed by atoms with E-state index in [1.54, 1.807) is 0 Å². The van der Waals surface area contributed by atoms with E-state index in [1.165, 1.54) is 45.2 Å². The van der Waals surface area contributed by atoms with Gasteiger partial charge in [-0.25, -0.2) is 4.79 Å². The SMILES string of the molecule is CCCCCCNC(=O)NCCN1CCCC(C)C1. The molecule has 1 saturated heterocycles. The fourth-order valence-corrected chi connectivity index (χ4v) is 2.63. The van der Waals surface area contributed by atoms with Crippen LogP contribution in [0.25, 0.3) is 0 Å². The number of piperidine rings is 1. The largest absolute Gasteiger partial charge is 0.338 e. The maximum Gasteiger partial charge on any atom is 0.314 e. The summed E-state index contributed by atoms with van der Waals surface area (Å²) >= 11 is 0. The van der Waals surface area contributed by atoms with E-state index in [9.17, 15) is 4.79 Å². The highest BCUT2D eigenvalue weighted by molar-refractivity contribution is 5.73. The zero-order chi connectivity index (χ0) is 13.9. The van der Waals surface area contributed by atoms with E-state index in [-0.39, 0.29) is 6.03 Å². The Morgan fingerprint density at radius 1 is 1.21 bits per heavy atom. The van der Waals surface area contributed by atoms with Gasteiger partial charge < -0.3 is 15.5 Å². The Labute approximate surface area is 118 Å². The van der Waals surface area contributed by atoms with Gasteiger partial charge in [0, 0.05) is 26.2 Å². The zero-order valence-corrected chi connectivity index (χ0v) is 12.7. The van der Waals surface area contributed by atoms with Crippen LogP contribution in [-0.2, 0) is 0 Å². The van der Waals surface area contributed by atoms with E-state index in [0.29, 0.717) is 0 Å². The first-order valence-electron chi connectivity index (χ1n) is 7.96. The first kappa shape index (κ1) is 16.3. The first-order valence-corrected chi connectivity index (χ1v) is 7.96. The fraction of sp³-hybridized carbons (Fsp3) is 0.933. The number of carbonyl (C=O) groups excluding carboxylic acids is 1. The van der Waals surface area contributed by atoms with E-state index in [1.807, 2.05) is 0 Å². The molecule has 0 aromatic carbocycles. The number of urea groups is 1. The maximum atomic E-state index is 11.5. The molecule has 1 unspecified atom stereocenters. The van der Waals surface area contributed by atoms with Crippen LogP contribution in [0.15, 0.2) is 0 Å². The molecule has 0 spiro atoms. The predicted octanol–water partition coefficient (Wildman–Crippen LogP) is 2.60. The second-order valence-electron chi connectivity index (χ2n) is 5.79. The molecule has 1 aliphatic heterocycles. The lowest BCUT2D eigenvalue weighted by Crippen LogP contribution is -2.43. The Balaban J connectivity index is 1.94. The van der Waals surface area contributed by atoms with Crippen LogP contribution >= 0.6 is 0 Å². The molecule has 0 bridgehead atoms. The van der Waals surface area contributed by atoms with Crippen LogP contribution < -0.4 is 10.6 Å². The Kier molecular flexibility index (Phi) is 8.63. The lowest BCUT2D eigenvalue weighted by Gasteiger charge is -2.30. The second kappa shape index (κ2) is 10.1. The van der Waals surface area contributed by atoms with Gasteiger partial charge in [0.2, 0.25) is 0 Å². The fourth-order valence-electron chi connectivity index (χ4n) is 2.63. The van der Waals surface area contributed by atoms with Crippen LogP contribution in [0.1, 0.15) is 52.4 Å². The predicted molar refractivity (Wildman–Crippen MR) is 80.4 cm³/mol. The Morgan fingerprint density at radius 2 is 2.00 bits per heavy atom. The van der Waals surface area contributed by atoms with E-state index in [2.05, 4.69) is 29.4 Å². The monoisotopic (exact) mass is 269 g/mol. The second-order valence-corrected chi connectivity index (χ2v) is 5.79. The van der Waals surface area contributed by atoms with Crippen LogP contribution in [0.4, 0.5) is 4.79 Å². The molecular formula is C15H31N3O. The van der Waals surface area contributed by atoms with Gasteiger partial charge in [0.05, 0.1) is 0 Å². The van der Waals surface area contributed by atoms with Crippen molar-refractivity contribution < 1.29 is 4.79 Å². The van der Waals surface area contributed by atoms with Crippen molar-refractivity contribution >= 4 is 6.03 Å². The van der Waals surface area contributed by atoms with E-state index in [4.69, 9.17) is 0 Å². The van der Waals surface area contributed by atoms with E-state index >= 15 is 0 Å². The van der Waals surface area contributed by atoms with Crippen molar-refractivity contribution in [2.75, 3.05) is 32.7 Å². The summed E-state index contributed by atoms with van der Waals surface area (Å²) in [5.74, 6) is 0.807. The van der Waals surface area contributed by atoms with Crippen molar-refractivity contribution in [1.82, 2.24) is 15.5 Å². The molecule has 2 N–H and O–H groups in total. The maximum absolute atomic E-state index is 11.5. The van der Waals surface area contributed by atoms with Crippen LogP contribution in [0, 0.1) is 5.92 Å². The number of carbonyl (C=O) groups is 1. The van der Waals surface area contributed by atoms with Crippen molar-refractivity contribution in [1.29, 1.82) is 0 Å². The molecule has 4 nitrogen and oxygen atoms in total. The van der Waals surface area contributed by atoms with Gasteiger partial charge in [-0.05, 0) is 31.7 Å². The summed E-state index contributed by atoms with van der Waals surface area (Å²) in [5, 5.41) is 5.86. The minimum absolute atomic E-state index is 0.0124. The molecular weight excluding hydrogens is 238 g/mol. The first-order chi connectivity index (χ1) is 9.22. The molecule has 1 atom stereocenters. The Hall–Kier alpha value is -0.770. The molecule has 2 amide bonds. The number of amides is 2. The van der Waals surface area contributed by atoms with Gasteiger partial charge in [0.15, 0.2) is 0 Å². The van der Waals surface area contributed by atoms with Crippen molar-refractivity contribution in [3.63, 3.8) is 0 Å². The average molecular weight is 269 g/mol. The number of nitrogens with one attached hydrogen (secondary N) is 2. The number of hydrogen-bond acceptors (Lipinski definition) is 2. The van der Waals surface area contributed by atoms with Crippen LogP contribution in [0.3, 0.4) is 0 Å². The highest BCUT2D eigenvalue weighted by atomic mass is 16.2. The zero-order valence-electron chi connectivity index (χ0n) is 12.7. The summed E-state index contributed by atoms with van der Waals surface area (Å²) in [6.45, 7) is 9.41. The number of likely N-dealkylation sites (tertiary alicyclic amines) is 1. The van der Waals surface area contributed by atoms with Gasteiger partial charge in [-0.3, -0.25) is 0 Å². The summed E-state index contributed by atoms with van der Waals surface area (Å²) < 4.78 is 0. The third-order valence-corrected chi connectivity index (χ3v) is 3.77. The van der Waals surface area contributed by atoms with Crippen molar-refractivity contribution in [2.45, 2.75) is 52.4 Å². The van der Waals surface area contributed by atoms with Gasteiger partial charge >= 0.3 is 6.03 Å². The number of nitrogens with zero attached hydrogens (tertiary/aromatic N) is 1. The van der Waals surface area contributed by atoms with E-state index in [0.717, 1.165) is 32.0 Å². The molecule has 1 heterocycles. The molecule has 0 radical (unpaired) electrons. The van der Waals surface area contributed by atoms with Crippen molar-refractivity contribution in [2.24, 2.45) is 5.92 Å². The van der Waals surface area contributed by atoms with Crippen molar-refractivity contribution in [3.8, 4) is 0 Å². The smallest absolute Gasteiger partial charge is 0.314 e. The molecule has 112 valence electrons. The normalized spacial score (nSPS) is 20.2. The number of rotatable bonds is 8. The summed E-state index contributed by atoms with van der Waals surface area (Å²) in [6.07, 6.45) is 7.44. The molecule has 4 heteroatoms. The van der Waals surface area contributed by atoms with Gasteiger partial charge in [-0.15, -0.1) is 0 Å². The minimum Gasteiger partial charge on any atom is -0.338 e. The number of unbranched alkanes of at least 4 members (excludes halogenated alkanes) is 3. The lowest BCUT2D eigenvalue weighted by atomic mass is 10.0. The molecule has 1 rings (SSSR count). The average Bonchev–Trinajstić information content (AvgIpc) is 2.38. The molecule has 19 heavy (non-hydrogen) atoms. The Bertz CT molecular complexity index is 246. The standard InChI is InChI=1S/C15H31N3O/c1-3-4-5-6-9-16-15(19)17-10-12-18-11-7-8-14(2)13-18/h14H,3-13H2,1-2H3,(H2,16,17,19). The molecule has 0 aliphatic carbocycles. The Morgan fingerprint density at radius 3 is 2.74 bits per heavy atom. The van der Waals surface area contributed by atoms with Crippen molar-refractivity contribution in [3.05, 3.63) is 0 Å². The lowest BCUT2D eigenvalue weighted by molar-refractivity contribution is 0.184. The van der Waals surface area contributed by atoms with Gasteiger partial charge in [0.1, 0.15) is 0 Å². The van der Waals surface area contributed by atoms with E-state index < -0.39 is 0 Å².